The van der Waals surface area contributed by atoms with Gasteiger partial charge in [-0.1, -0.05) is 0 Å². The minimum atomic E-state index is -2.93. The van der Waals surface area contributed by atoms with Gasteiger partial charge in [0.25, 0.3) is 0 Å². The van der Waals surface area contributed by atoms with Gasteiger partial charge in [0.05, 0.1) is 36.8 Å². The number of nitrogens with zero attached hydrogens (tertiary/aromatic N) is 5. The predicted octanol–water partition coefficient (Wildman–Crippen LogP) is 3.75. The van der Waals surface area contributed by atoms with Crippen molar-refractivity contribution in [2.24, 2.45) is 0 Å². The molecule has 0 aliphatic carbocycles. The van der Waals surface area contributed by atoms with Crippen LogP contribution in [0.2, 0.25) is 0 Å². The number of fused-ring (bicyclic) bond motifs is 2. The Morgan fingerprint density at radius 1 is 1.24 bits per heavy atom. The Morgan fingerprint density at radius 3 is 2.76 bits per heavy atom. The molecule has 0 bridgehead atoms. The molecule has 3 aliphatic heterocycles. The lowest BCUT2D eigenvalue weighted by atomic mass is 10.0. The van der Waals surface area contributed by atoms with Crippen LogP contribution < -0.4 is 9.64 Å². The Morgan fingerprint density at radius 2 is 2.03 bits per heavy atom. The normalized spacial score (nSPS) is 18.6. The van der Waals surface area contributed by atoms with Crippen LogP contribution in [0.5, 0.6) is 5.75 Å². The number of alkyl halides is 2. The van der Waals surface area contributed by atoms with Gasteiger partial charge >= 0.3 is 12.7 Å². The maximum absolute atomic E-state index is 13.0. The monoisotopic (exact) mass is 477 g/mol. The van der Waals surface area contributed by atoms with E-state index in [-0.39, 0.29) is 17.9 Å². The Labute approximate surface area is 196 Å². The first-order chi connectivity index (χ1) is 16.5. The van der Waals surface area contributed by atoms with E-state index in [2.05, 4.69) is 9.67 Å². The van der Waals surface area contributed by atoms with Crippen molar-refractivity contribution >= 4 is 17.6 Å². The van der Waals surface area contributed by atoms with Gasteiger partial charge in [0.2, 0.25) is 0 Å². The number of halogens is 2. The van der Waals surface area contributed by atoms with E-state index in [0.29, 0.717) is 45.0 Å². The van der Waals surface area contributed by atoms with Crippen LogP contribution in [0.4, 0.5) is 25.1 Å². The second-order valence-corrected chi connectivity index (χ2v) is 8.85. The van der Waals surface area contributed by atoms with Crippen molar-refractivity contribution in [1.82, 2.24) is 19.7 Å². The third kappa shape index (κ3) is 4.17. The predicted molar refractivity (Wildman–Crippen MR) is 119 cm³/mol. The molecule has 0 radical (unpaired) electrons. The summed E-state index contributed by atoms with van der Waals surface area (Å²) >= 11 is 0. The van der Waals surface area contributed by atoms with E-state index in [1.54, 1.807) is 17.9 Å². The molecule has 2 aromatic heterocycles. The molecule has 9 nitrogen and oxygen atoms in total. The van der Waals surface area contributed by atoms with E-state index < -0.39 is 6.61 Å². The largest absolute Gasteiger partial charge is 0.453 e. The summed E-state index contributed by atoms with van der Waals surface area (Å²) < 4.78 is 43.4. The van der Waals surface area contributed by atoms with Crippen molar-refractivity contribution in [1.29, 1.82) is 0 Å². The first-order valence-corrected chi connectivity index (χ1v) is 11.7. The number of amides is 1. The summed E-state index contributed by atoms with van der Waals surface area (Å²) in [5.41, 5.74) is 4.07. The fraction of sp³-hybridized carbons (Fsp3) is 0.609. The Bertz CT molecular complexity index is 1070. The molecular formula is C23H29F2N5O4. The molecule has 11 heteroatoms. The summed E-state index contributed by atoms with van der Waals surface area (Å²) in [6, 6.07) is 1.86. The molecule has 0 N–H and O–H groups in total. The molecule has 1 amide bonds. The van der Waals surface area contributed by atoms with Crippen LogP contribution in [-0.4, -0.2) is 65.8 Å². The second-order valence-electron chi connectivity index (χ2n) is 8.85. The van der Waals surface area contributed by atoms with E-state index >= 15 is 0 Å². The van der Waals surface area contributed by atoms with Gasteiger partial charge in [-0.05, 0) is 32.6 Å². The molecule has 0 atom stereocenters. The number of hydrogen-bond acceptors (Lipinski definition) is 7. The van der Waals surface area contributed by atoms with E-state index in [1.165, 1.54) is 7.11 Å². The van der Waals surface area contributed by atoms with E-state index in [9.17, 15) is 13.6 Å². The Kier molecular flexibility index (Phi) is 6.28. The van der Waals surface area contributed by atoms with Crippen LogP contribution in [-0.2, 0) is 28.9 Å². The minimum absolute atomic E-state index is 0.0644. The average molecular weight is 478 g/mol. The number of hydrogen-bond donors (Lipinski definition) is 0. The number of anilines is 2. The van der Waals surface area contributed by atoms with Crippen molar-refractivity contribution in [3.8, 4) is 5.75 Å². The topological polar surface area (TPSA) is 82.0 Å². The van der Waals surface area contributed by atoms with Crippen LogP contribution in [0.15, 0.2) is 6.07 Å². The van der Waals surface area contributed by atoms with Crippen LogP contribution in [0.25, 0.3) is 0 Å². The van der Waals surface area contributed by atoms with Gasteiger partial charge in [0.1, 0.15) is 5.75 Å². The SMILES string of the molecule is COC(=O)N1CCc2c(c(N3CCCc4nc(C)c(OC(F)F)cc43)nn2C2CCOCC2)C1. The summed E-state index contributed by atoms with van der Waals surface area (Å²) in [6.07, 6.45) is 3.64. The van der Waals surface area contributed by atoms with Crippen molar-refractivity contribution in [2.75, 3.05) is 38.3 Å². The molecule has 5 heterocycles. The number of methoxy groups -OCH3 is 1. The van der Waals surface area contributed by atoms with E-state index in [1.807, 2.05) is 4.90 Å². The molecule has 0 spiro atoms. The molecule has 0 unspecified atom stereocenters. The molecule has 3 aliphatic rings. The van der Waals surface area contributed by atoms with Gasteiger partial charge in [-0.2, -0.15) is 13.9 Å². The number of carbonyl (C=O) groups is 1. The number of aryl methyl sites for hydroxylation is 2. The highest BCUT2D eigenvalue weighted by atomic mass is 19.3. The first-order valence-electron chi connectivity index (χ1n) is 11.7. The lowest BCUT2D eigenvalue weighted by molar-refractivity contribution is -0.0505. The summed E-state index contributed by atoms with van der Waals surface area (Å²) in [5.74, 6) is 0.805. The first kappa shape index (κ1) is 22.8. The number of ether oxygens (including phenoxy) is 3. The third-order valence-corrected chi connectivity index (χ3v) is 6.81. The fourth-order valence-electron chi connectivity index (χ4n) is 5.17. The molecule has 1 saturated heterocycles. The van der Waals surface area contributed by atoms with Gasteiger partial charge in [-0.15, -0.1) is 0 Å². The number of carbonyl (C=O) groups excluding carboxylic acids is 1. The van der Waals surface area contributed by atoms with Gasteiger partial charge in [-0.25, -0.2) is 4.79 Å². The molecule has 0 saturated carbocycles. The van der Waals surface area contributed by atoms with Crippen LogP contribution in [0, 0.1) is 6.92 Å². The summed E-state index contributed by atoms with van der Waals surface area (Å²) in [4.78, 5) is 20.6. The summed E-state index contributed by atoms with van der Waals surface area (Å²) in [7, 11) is 1.38. The zero-order valence-corrected chi connectivity index (χ0v) is 19.4. The molecule has 184 valence electrons. The lowest BCUT2D eigenvalue weighted by Gasteiger charge is -2.32. The molecule has 2 aromatic rings. The van der Waals surface area contributed by atoms with Gasteiger partial charge in [-0.3, -0.25) is 9.67 Å². The summed E-state index contributed by atoms with van der Waals surface area (Å²) in [5, 5.41) is 5.06. The quantitative estimate of drug-likeness (QED) is 0.663. The van der Waals surface area contributed by atoms with Crippen LogP contribution in [0.1, 0.15) is 47.9 Å². The maximum atomic E-state index is 13.0. The number of rotatable bonds is 4. The van der Waals surface area contributed by atoms with E-state index in [0.717, 1.165) is 54.1 Å². The molecule has 0 aromatic carbocycles. The number of pyridine rings is 1. The number of aromatic nitrogens is 3. The second kappa shape index (κ2) is 9.36. The van der Waals surface area contributed by atoms with Crippen LogP contribution in [0.3, 0.4) is 0 Å². The van der Waals surface area contributed by atoms with Crippen molar-refractivity contribution < 1.29 is 27.8 Å². The Balaban J connectivity index is 1.59. The van der Waals surface area contributed by atoms with Crippen molar-refractivity contribution in [3.63, 3.8) is 0 Å². The zero-order valence-electron chi connectivity index (χ0n) is 19.4. The third-order valence-electron chi connectivity index (χ3n) is 6.81. The molecular weight excluding hydrogens is 448 g/mol. The molecule has 34 heavy (non-hydrogen) atoms. The van der Waals surface area contributed by atoms with Crippen LogP contribution >= 0.6 is 0 Å². The van der Waals surface area contributed by atoms with Gasteiger partial charge in [0.15, 0.2) is 5.82 Å². The highest BCUT2D eigenvalue weighted by Gasteiger charge is 2.34. The highest BCUT2D eigenvalue weighted by molar-refractivity contribution is 5.72. The smallest absolute Gasteiger partial charge is 0.409 e. The van der Waals surface area contributed by atoms with Crippen molar-refractivity contribution in [3.05, 3.63) is 28.7 Å². The standard InChI is InChI=1S/C23H29F2N5O4/c1-14-20(34-22(24)25)12-19-17(26-14)4-3-8-29(19)21-16-13-28(23(31)32-2)9-5-18(16)30(27-21)15-6-10-33-11-7-15/h12,15,22H,3-11,13H2,1-2H3. The molecule has 1 fully saturated rings. The van der Waals surface area contributed by atoms with E-state index in [4.69, 9.17) is 19.3 Å². The van der Waals surface area contributed by atoms with Gasteiger partial charge in [0, 0.05) is 50.0 Å². The summed E-state index contributed by atoms with van der Waals surface area (Å²) in [6.45, 7) is 1.72. The highest BCUT2D eigenvalue weighted by Crippen LogP contribution is 2.41. The average Bonchev–Trinajstić information content (AvgIpc) is 3.22. The fourth-order valence-corrected chi connectivity index (χ4v) is 5.17. The zero-order chi connectivity index (χ0) is 23.8. The minimum Gasteiger partial charge on any atom is -0.453 e. The van der Waals surface area contributed by atoms with Gasteiger partial charge < -0.3 is 24.0 Å². The maximum Gasteiger partial charge on any atom is 0.409 e. The lowest BCUT2D eigenvalue weighted by Crippen LogP contribution is -2.37. The Hall–Kier alpha value is -2.95. The molecule has 5 rings (SSSR count). The van der Waals surface area contributed by atoms with Crippen molar-refractivity contribution in [2.45, 2.75) is 58.2 Å².